The third-order valence-electron chi connectivity index (χ3n) is 3.67. The Morgan fingerprint density at radius 3 is 2.19 bits per heavy atom. The quantitative estimate of drug-likeness (QED) is 0.524. The second-order valence-electron chi connectivity index (χ2n) is 5.59. The normalized spacial score (nSPS) is 10.2. The highest BCUT2D eigenvalue weighted by atomic mass is 35.5. The topological polar surface area (TPSA) is 55.4 Å². The first-order valence-corrected chi connectivity index (χ1v) is 8.40. The van der Waals surface area contributed by atoms with Gasteiger partial charge in [-0.15, -0.1) is 0 Å². The van der Waals surface area contributed by atoms with Crippen molar-refractivity contribution >= 4 is 29.2 Å². The van der Waals surface area contributed by atoms with E-state index in [-0.39, 0.29) is 12.3 Å². The molecule has 3 rings (SSSR count). The van der Waals surface area contributed by atoms with Crippen molar-refractivity contribution in [1.29, 1.82) is 0 Å². The van der Waals surface area contributed by atoms with Crippen molar-refractivity contribution in [2.75, 3.05) is 5.32 Å². The Morgan fingerprint density at radius 1 is 0.846 bits per heavy atom. The Hall–Kier alpha value is -3.11. The Kier molecular flexibility index (Phi) is 5.66. The summed E-state index contributed by atoms with van der Waals surface area (Å²) in [6.07, 6.45) is 0.0895. The second-order valence-corrected chi connectivity index (χ2v) is 5.99. The van der Waals surface area contributed by atoms with Gasteiger partial charge in [0.2, 0.25) is 0 Å². The molecular weight excluding hydrogens is 350 g/mol. The number of carbonyl (C=O) groups is 2. The number of benzene rings is 3. The zero-order chi connectivity index (χ0) is 18.4. The smallest absolute Gasteiger partial charge is 0.315 e. The van der Waals surface area contributed by atoms with E-state index < -0.39 is 5.97 Å². The Labute approximate surface area is 156 Å². The van der Waals surface area contributed by atoms with Gasteiger partial charge in [-0.05, 0) is 48.0 Å². The van der Waals surface area contributed by atoms with Crippen molar-refractivity contribution in [3.8, 4) is 5.75 Å². The molecule has 0 aliphatic carbocycles. The summed E-state index contributed by atoms with van der Waals surface area (Å²) >= 11 is 6.04. The van der Waals surface area contributed by atoms with Crippen LogP contribution in [0.3, 0.4) is 0 Å². The molecule has 0 aliphatic rings. The Morgan fingerprint density at radius 2 is 1.50 bits per heavy atom. The fourth-order valence-corrected chi connectivity index (χ4v) is 2.57. The standard InChI is InChI=1S/C21H16ClNO3/c22-19-9-5-4-8-16(19)14-20(24)26-18-12-10-17(11-13-18)23-21(25)15-6-2-1-3-7-15/h1-13H,14H2,(H,23,25). The van der Waals surface area contributed by atoms with Crippen LogP contribution in [-0.2, 0) is 11.2 Å². The van der Waals surface area contributed by atoms with Crippen LogP contribution >= 0.6 is 11.6 Å². The number of hydrogen-bond acceptors (Lipinski definition) is 3. The van der Waals surface area contributed by atoms with Crippen molar-refractivity contribution in [3.63, 3.8) is 0 Å². The molecule has 0 bridgehead atoms. The minimum absolute atomic E-state index is 0.0895. The van der Waals surface area contributed by atoms with E-state index in [1.807, 2.05) is 12.1 Å². The lowest BCUT2D eigenvalue weighted by Gasteiger charge is -2.08. The van der Waals surface area contributed by atoms with Gasteiger partial charge in [0, 0.05) is 16.3 Å². The highest BCUT2D eigenvalue weighted by Gasteiger charge is 2.10. The molecule has 0 heterocycles. The summed E-state index contributed by atoms with van der Waals surface area (Å²) in [6, 6.07) is 22.7. The summed E-state index contributed by atoms with van der Waals surface area (Å²) in [5.74, 6) is -0.201. The van der Waals surface area contributed by atoms with Crippen molar-refractivity contribution in [2.45, 2.75) is 6.42 Å². The number of nitrogens with one attached hydrogen (secondary N) is 1. The first kappa shape index (κ1) is 17.7. The van der Waals surface area contributed by atoms with Gasteiger partial charge in [0.25, 0.3) is 5.91 Å². The summed E-state index contributed by atoms with van der Waals surface area (Å²) in [4.78, 5) is 24.1. The minimum Gasteiger partial charge on any atom is -0.426 e. The van der Waals surface area contributed by atoms with E-state index in [2.05, 4.69) is 5.32 Å². The molecular formula is C21H16ClNO3. The molecule has 3 aromatic rings. The molecule has 0 saturated heterocycles. The molecule has 0 aliphatic heterocycles. The summed E-state index contributed by atoms with van der Waals surface area (Å²) in [7, 11) is 0. The number of halogens is 1. The van der Waals surface area contributed by atoms with Crippen LogP contribution in [0.15, 0.2) is 78.9 Å². The molecule has 130 valence electrons. The predicted molar refractivity (Wildman–Crippen MR) is 102 cm³/mol. The maximum Gasteiger partial charge on any atom is 0.315 e. The molecule has 1 amide bonds. The number of amides is 1. The monoisotopic (exact) mass is 365 g/mol. The van der Waals surface area contributed by atoms with Gasteiger partial charge in [0.15, 0.2) is 0 Å². The first-order chi connectivity index (χ1) is 12.6. The van der Waals surface area contributed by atoms with Crippen LogP contribution in [0.4, 0.5) is 5.69 Å². The fourth-order valence-electron chi connectivity index (χ4n) is 2.36. The predicted octanol–water partition coefficient (Wildman–Crippen LogP) is 4.74. The molecule has 0 saturated carbocycles. The summed E-state index contributed by atoms with van der Waals surface area (Å²) in [5.41, 5.74) is 1.90. The van der Waals surface area contributed by atoms with E-state index in [9.17, 15) is 9.59 Å². The average molecular weight is 366 g/mol. The van der Waals surface area contributed by atoms with Gasteiger partial charge in [-0.1, -0.05) is 48.0 Å². The average Bonchev–Trinajstić information content (AvgIpc) is 2.66. The SMILES string of the molecule is O=C(Cc1ccccc1Cl)Oc1ccc(NC(=O)c2ccccc2)cc1. The fraction of sp³-hybridized carbons (Fsp3) is 0.0476. The third-order valence-corrected chi connectivity index (χ3v) is 4.04. The van der Waals surface area contributed by atoms with Gasteiger partial charge in [-0.25, -0.2) is 0 Å². The molecule has 4 nitrogen and oxygen atoms in total. The van der Waals surface area contributed by atoms with Crippen LogP contribution in [0.2, 0.25) is 5.02 Å². The van der Waals surface area contributed by atoms with E-state index in [0.717, 1.165) is 0 Å². The molecule has 0 atom stereocenters. The summed E-state index contributed by atoms with van der Waals surface area (Å²) < 4.78 is 5.31. The zero-order valence-corrected chi connectivity index (χ0v) is 14.6. The highest BCUT2D eigenvalue weighted by Crippen LogP contribution is 2.19. The third kappa shape index (κ3) is 4.71. The molecule has 0 fully saturated rings. The Bertz CT molecular complexity index is 908. The number of esters is 1. The molecule has 0 aromatic heterocycles. The van der Waals surface area contributed by atoms with Gasteiger partial charge in [0.1, 0.15) is 5.75 Å². The van der Waals surface area contributed by atoms with Gasteiger partial charge in [-0.3, -0.25) is 9.59 Å². The molecule has 0 radical (unpaired) electrons. The summed E-state index contributed by atoms with van der Waals surface area (Å²) in [6.45, 7) is 0. The number of rotatable bonds is 5. The molecule has 26 heavy (non-hydrogen) atoms. The van der Waals surface area contributed by atoms with E-state index in [0.29, 0.717) is 27.6 Å². The van der Waals surface area contributed by atoms with E-state index >= 15 is 0 Å². The van der Waals surface area contributed by atoms with Crippen molar-refractivity contribution in [2.24, 2.45) is 0 Å². The largest absolute Gasteiger partial charge is 0.426 e. The van der Waals surface area contributed by atoms with Crippen LogP contribution in [0, 0.1) is 0 Å². The van der Waals surface area contributed by atoms with Crippen LogP contribution in [0.1, 0.15) is 15.9 Å². The van der Waals surface area contributed by atoms with Gasteiger partial charge >= 0.3 is 5.97 Å². The van der Waals surface area contributed by atoms with Crippen LogP contribution in [-0.4, -0.2) is 11.9 Å². The molecule has 0 unspecified atom stereocenters. The van der Waals surface area contributed by atoms with Gasteiger partial charge in [-0.2, -0.15) is 0 Å². The maximum atomic E-state index is 12.1. The van der Waals surface area contributed by atoms with Gasteiger partial charge in [0.05, 0.1) is 6.42 Å². The van der Waals surface area contributed by atoms with Crippen LogP contribution < -0.4 is 10.1 Å². The number of anilines is 1. The van der Waals surface area contributed by atoms with Crippen molar-refractivity contribution < 1.29 is 14.3 Å². The highest BCUT2D eigenvalue weighted by molar-refractivity contribution is 6.31. The van der Waals surface area contributed by atoms with E-state index in [1.165, 1.54) is 0 Å². The molecule has 3 aromatic carbocycles. The molecule has 0 spiro atoms. The van der Waals surface area contributed by atoms with E-state index in [1.54, 1.807) is 66.7 Å². The Balaban J connectivity index is 1.58. The van der Waals surface area contributed by atoms with Crippen LogP contribution in [0.25, 0.3) is 0 Å². The minimum atomic E-state index is -0.404. The lowest BCUT2D eigenvalue weighted by Crippen LogP contribution is -2.12. The first-order valence-electron chi connectivity index (χ1n) is 8.02. The number of hydrogen-bond donors (Lipinski definition) is 1. The molecule has 5 heteroatoms. The van der Waals surface area contributed by atoms with Crippen molar-refractivity contribution in [1.82, 2.24) is 0 Å². The molecule has 1 N–H and O–H groups in total. The van der Waals surface area contributed by atoms with Gasteiger partial charge < -0.3 is 10.1 Å². The number of ether oxygens (including phenoxy) is 1. The zero-order valence-electron chi connectivity index (χ0n) is 13.8. The lowest BCUT2D eigenvalue weighted by molar-refractivity contribution is -0.133. The maximum absolute atomic E-state index is 12.1. The number of carbonyl (C=O) groups excluding carboxylic acids is 2. The second kappa shape index (κ2) is 8.32. The van der Waals surface area contributed by atoms with E-state index in [4.69, 9.17) is 16.3 Å². The lowest BCUT2D eigenvalue weighted by atomic mass is 10.1. The van der Waals surface area contributed by atoms with Crippen molar-refractivity contribution in [3.05, 3.63) is 95.0 Å². The summed E-state index contributed by atoms with van der Waals surface area (Å²) in [5, 5.41) is 3.32. The van der Waals surface area contributed by atoms with Crippen LogP contribution in [0.5, 0.6) is 5.75 Å².